The number of ether oxygens (including phenoxy) is 1. The molecule has 0 saturated carbocycles. The zero-order valence-electron chi connectivity index (χ0n) is 20.0. The molecule has 3 aliphatic heterocycles. The van der Waals surface area contributed by atoms with Crippen LogP contribution in [0.3, 0.4) is 0 Å². The molecule has 0 bridgehead atoms. The van der Waals surface area contributed by atoms with E-state index in [-0.39, 0.29) is 23.7 Å². The predicted molar refractivity (Wildman–Crippen MR) is 129 cm³/mol. The molecule has 0 unspecified atom stereocenters. The van der Waals surface area contributed by atoms with Gasteiger partial charge >= 0.3 is 5.97 Å². The minimum absolute atomic E-state index is 0.00464. The first-order chi connectivity index (χ1) is 16.3. The molecule has 0 aromatic heterocycles. The van der Waals surface area contributed by atoms with Crippen molar-refractivity contribution in [1.82, 2.24) is 9.80 Å². The Balaban J connectivity index is 1.32. The number of piperazine rings is 1. The minimum Gasteiger partial charge on any atom is -0.449 e. The molecule has 1 atom stereocenters. The number of fused-ring (bicyclic) bond motifs is 2. The number of hydrogen-bond donors (Lipinski definition) is 0. The number of rotatable bonds is 3. The molecule has 0 radical (unpaired) electrons. The summed E-state index contributed by atoms with van der Waals surface area (Å²) >= 11 is 0. The highest BCUT2D eigenvalue weighted by Crippen LogP contribution is 2.43. The number of likely N-dealkylation sites (tertiary alicyclic amines) is 1. The van der Waals surface area contributed by atoms with Crippen LogP contribution in [0.4, 0.5) is 5.69 Å². The van der Waals surface area contributed by atoms with Crippen LogP contribution in [0.25, 0.3) is 0 Å². The first-order valence-electron chi connectivity index (χ1n) is 12.1. The van der Waals surface area contributed by atoms with Crippen molar-refractivity contribution in [3.8, 4) is 0 Å². The van der Waals surface area contributed by atoms with Gasteiger partial charge in [-0.05, 0) is 30.7 Å². The molecule has 3 aliphatic rings. The van der Waals surface area contributed by atoms with E-state index in [0.29, 0.717) is 43.7 Å². The number of carbonyl (C=O) groups is 3. The average Bonchev–Trinajstić information content (AvgIpc) is 3.40. The third-order valence-electron chi connectivity index (χ3n) is 7.35. The number of benzene rings is 2. The molecule has 2 saturated heterocycles. The summed E-state index contributed by atoms with van der Waals surface area (Å²) < 4.78 is 5.82. The normalized spacial score (nSPS) is 21.9. The quantitative estimate of drug-likeness (QED) is 0.657. The van der Waals surface area contributed by atoms with Gasteiger partial charge in [0.1, 0.15) is 0 Å². The van der Waals surface area contributed by atoms with Crippen molar-refractivity contribution in [2.24, 2.45) is 5.92 Å². The van der Waals surface area contributed by atoms with Crippen LogP contribution in [0, 0.1) is 12.8 Å². The molecule has 0 N–H and O–H groups in total. The summed E-state index contributed by atoms with van der Waals surface area (Å²) in [6, 6.07) is 13.5. The Morgan fingerprint density at radius 1 is 0.971 bits per heavy atom. The van der Waals surface area contributed by atoms with Crippen LogP contribution in [-0.2, 0) is 15.1 Å². The van der Waals surface area contributed by atoms with Crippen molar-refractivity contribution in [2.45, 2.75) is 32.8 Å². The second-order valence-corrected chi connectivity index (χ2v) is 9.87. The lowest BCUT2D eigenvalue weighted by Crippen LogP contribution is -2.50. The van der Waals surface area contributed by atoms with Crippen LogP contribution in [0.15, 0.2) is 42.5 Å². The van der Waals surface area contributed by atoms with Crippen LogP contribution in [0.5, 0.6) is 0 Å². The molecule has 2 fully saturated rings. The lowest BCUT2D eigenvalue weighted by molar-refractivity contribution is -0.134. The molecule has 34 heavy (non-hydrogen) atoms. The van der Waals surface area contributed by atoms with Crippen LogP contribution in [-0.4, -0.2) is 66.9 Å². The number of anilines is 1. The average molecular weight is 462 g/mol. The molecule has 1 spiro atoms. The molecule has 2 aromatic carbocycles. The number of amides is 2. The van der Waals surface area contributed by atoms with Crippen LogP contribution >= 0.6 is 0 Å². The number of hydrogen-bond acceptors (Lipinski definition) is 5. The highest BCUT2D eigenvalue weighted by molar-refractivity contribution is 5.98. The third-order valence-corrected chi connectivity index (χ3v) is 7.35. The topological polar surface area (TPSA) is 70.2 Å². The Hall–Kier alpha value is -3.35. The molecule has 7 heteroatoms. The SMILES string of the molecule is Cc1ccc(N2CCN(C(=O)C(C)C)CC2)cc1C(=O)N1CC[C@@]2(C1)OC(=O)c1ccccc12. The summed E-state index contributed by atoms with van der Waals surface area (Å²) in [5.74, 6) is -0.148. The molecule has 178 valence electrons. The maximum atomic E-state index is 13.6. The molecule has 3 heterocycles. The zero-order chi connectivity index (χ0) is 24.0. The van der Waals surface area contributed by atoms with E-state index in [1.165, 1.54) is 0 Å². The van der Waals surface area contributed by atoms with Crippen LogP contribution < -0.4 is 4.90 Å². The smallest absolute Gasteiger partial charge is 0.339 e. The molecular formula is C27H31N3O4. The molecule has 5 rings (SSSR count). The van der Waals surface area contributed by atoms with Gasteiger partial charge in [-0.2, -0.15) is 0 Å². The summed E-state index contributed by atoms with van der Waals surface area (Å²) in [5.41, 5.74) is 3.34. The number of carbonyl (C=O) groups excluding carboxylic acids is 3. The van der Waals surface area contributed by atoms with Crippen molar-refractivity contribution in [3.63, 3.8) is 0 Å². The number of esters is 1. The number of aryl methyl sites for hydroxylation is 1. The zero-order valence-corrected chi connectivity index (χ0v) is 20.0. The van der Waals surface area contributed by atoms with Gasteiger partial charge in [-0.3, -0.25) is 9.59 Å². The largest absolute Gasteiger partial charge is 0.449 e. The van der Waals surface area contributed by atoms with E-state index in [1.807, 2.05) is 62.1 Å². The minimum atomic E-state index is -0.742. The Labute approximate surface area is 200 Å². The monoisotopic (exact) mass is 461 g/mol. The summed E-state index contributed by atoms with van der Waals surface area (Å²) in [4.78, 5) is 44.2. The molecule has 0 aliphatic carbocycles. The summed E-state index contributed by atoms with van der Waals surface area (Å²) in [6.45, 7) is 9.59. The van der Waals surface area contributed by atoms with Crippen molar-refractivity contribution >= 4 is 23.5 Å². The van der Waals surface area contributed by atoms with Crippen LogP contribution in [0.2, 0.25) is 0 Å². The van der Waals surface area contributed by atoms with Gasteiger partial charge in [0, 0.05) is 61.9 Å². The van der Waals surface area contributed by atoms with Gasteiger partial charge in [-0.25, -0.2) is 4.79 Å². The van der Waals surface area contributed by atoms with Crippen LogP contribution in [0.1, 0.15) is 52.1 Å². The van der Waals surface area contributed by atoms with E-state index < -0.39 is 5.60 Å². The molecular weight excluding hydrogens is 430 g/mol. The van der Waals surface area contributed by atoms with E-state index >= 15 is 0 Å². The van der Waals surface area contributed by atoms with Crippen molar-refractivity contribution in [3.05, 3.63) is 64.7 Å². The molecule has 2 amide bonds. The summed E-state index contributed by atoms with van der Waals surface area (Å²) in [5, 5.41) is 0. The van der Waals surface area contributed by atoms with Gasteiger partial charge in [-0.15, -0.1) is 0 Å². The fraction of sp³-hybridized carbons (Fsp3) is 0.444. The first kappa shape index (κ1) is 22.4. The van der Waals surface area contributed by atoms with E-state index in [1.54, 1.807) is 11.0 Å². The van der Waals surface area contributed by atoms with Crippen molar-refractivity contribution in [2.75, 3.05) is 44.2 Å². The Kier molecular flexibility index (Phi) is 5.58. The summed E-state index contributed by atoms with van der Waals surface area (Å²) in [6.07, 6.45) is 0.603. The Morgan fingerprint density at radius 2 is 1.71 bits per heavy atom. The third kappa shape index (κ3) is 3.73. The Bertz CT molecular complexity index is 1150. The fourth-order valence-corrected chi connectivity index (χ4v) is 5.36. The lowest BCUT2D eigenvalue weighted by Gasteiger charge is -2.37. The summed E-state index contributed by atoms with van der Waals surface area (Å²) in [7, 11) is 0. The van der Waals surface area contributed by atoms with Gasteiger partial charge in [0.05, 0.1) is 12.1 Å². The first-order valence-corrected chi connectivity index (χ1v) is 12.1. The van der Waals surface area contributed by atoms with Gasteiger partial charge in [0.25, 0.3) is 5.91 Å². The van der Waals surface area contributed by atoms with Crippen molar-refractivity contribution in [1.29, 1.82) is 0 Å². The second-order valence-electron chi connectivity index (χ2n) is 9.87. The molecule has 2 aromatic rings. The van der Waals surface area contributed by atoms with E-state index in [0.717, 1.165) is 29.9 Å². The predicted octanol–water partition coefficient (Wildman–Crippen LogP) is 3.21. The highest BCUT2D eigenvalue weighted by atomic mass is 16.6. The maximum absolute atomic E-state index is 13.6. The van der Waals surface area contributed by atoms with E-state index in [9.17, 15) is 14.4 Å². The van der Waals surface area contributed by atoms with Gasteiger partial charge in [0.15, 0.2) is 5.60 Å². The van der Waals surface area contributed by atoms with Gasteiger partial charge in [0.2, 0.25) is 5.91 Å². The van der Waals surface area contributed by atoms with Crippen molar-refractivity contribution < 1.29 is 19.1 Å². The maximum Gasteiger partial charge on any atom is 0.339 e. The van der Waals surface area contributed by atoms with E-state index in [2.05, 4.69) is 4.90 Å². The van der Waals surface area contributed by atoms with Gasteiger partial charge in [-0.1, -0.05) is 38.1 Å². The standard InChI is InChI=1S/C27H31N3O4/c1-18(2)24(31)29-14-12-28(13-15-29)20-9-8-19(3)22(16-20)25(32)30-11-10-27(17-30)23-7-5-4-6-21(23)26(33)34-27/h4-9,16,18H,10-15,17H2,1-3H3/t27-/m0/s1. The van der Waals surface area contributed by atoms with Gasteiger partial charge < -0.3 is 19.4 Å². The fourth-order valence-electron chi connectivity index (χ4n) is 5.36. The molecule has 7 nitrogen and oxygen atoms in total. The highest BCUT2D eigenvalue weighted by Gasteiger charge is 2.51. The number of nitrogens with zero attached hydrogens (tertiary/aromatic N) is 3. The van der Waals surface area contributed by atoms with E-state index in [4.69, 9.17) is 4.74 Å². The second kappa shape index (κ2) is 8.46. The lowest BCUT2D eigenvalue weighted by atomic mass is 9.91. The Morgan fingerprint density at radius 3 is 2.44 bits per heavy atom.